The Kier molecular flexibility index (Phi) is 4.93. The van der Waals surface area contributed by atoms with Gasteiger partial charge in [0.25, 0.3) is 0 Å². The number of nitrogens with zero attached hydrogens (tertiary/aromatic N) is 2. The minimum Gasteiger partial charge on any atom is -0.496 e. The molecular formula is C22H27N3O. The number of methoxy groups -OCH3 is 1. The quantitative estimate of drug-likeness (QED) is 0.728. The van der Waals surface area contributed by atoms with Crippen molar-refractivity contribution in [3.63, 3.8) is 0 Å². The van der Waals surface area contributed by atoms with Crippen LogP contribution < -0.4 is 4.74 Å². The van der Waals surface area contributed by atoms with Gasteiger partial charge in [0.2, 0.25) is 0 Å². The van der Waals surface area contributed by atoms with Crippen molar-refractivity contribution >= 4 is 11.0 Å². The fourth-order valence-corrected chi connectivity index (χ4v) is 4.05. The van der Waals surface area contributed by atoms with Crippen molar-refractivity contribution in [3.8, 4) is 5.75 Å². The monoisotopic (exact) mass is 349 g/mol. The molecule has 4 nitrogen and oxygen atoms in total. The molecule has 0 unspecified atom stereocenters. The highest BCUT2D eigenvalue weighted by atomic mass is 16.5. The molecule has 1 aliphatic carbocycles. The van der Waals surface area contributed by atoms with E-state index in [0.717, 1.165) is 42.7 Å². The Morgan fingerprint density at radius 1 is 1.15 bits per heavy atom. The largest absolute Gasteiger partial charge is 0.496 e. The number of H-pyrrole nitrogens is 1. The van der Waals surface area contributed by atoms with Crippen molar-refractivity contribution in [2.24, 2.45) is 0 Å². The highest BCUT2D eigenvalue weighted by Crippen LogP contribution is 2.33. The number of aromatic amines is 1. The lowest BCUT2D eigenvalue weighted by molar-refractivity contribution is 0.319. The van der Waals surface area contributed by atoms with Crippen molar-refractivity contribution < 1.29 is 4.74 Å². The Hall–Kier alpha value is -2.33. The molecule has 1 aliphatic rings. The van der Waals surface area contributed by atoms with Crippen LogP contribution in [0.5, 0.6) is 5.75 Å². The van der Waals surface area contributed by atoms with Crippen LogP contribution in [-0.2, 0) is 25.8 Å². The Balaban J connectivity index is 1.43. The fraction of sp³-hybridized carbons (Fsp3) is 0.409. The summed E-state index contributed by atoms with van der Waals surface area (Å²) in [6, 6.07) is 11.0. The standard InChI is InChI=1S/C22H27N3O/c1-25(12-11-16-7-10-20-21(13-16)24-15-23-20)14-18-9-8-17-5-3-4-6-19(17)22(18)26-2/h7-10,13,15H,3-6,11-12,14H2,1-2H3,(H,23,24). The molecule has 0 radical (unpaired) electrons. The number of hydrogen-bond acceptors (Lipinski definition) is 3. The summed E-state index contributed by atoms with van der Waals surface area (Å²) in [5, 5.41) is 0. The molecule has 1 N–H and O–H groups in total. The minimum atomic E-state index is 0.919. The van der Waals surface area contributed by atoms with E-state index in [-0.39, 0.29) is 0 Å². The van der Waals surface area contributed by atoms with E-state index in [2.05, 4.69) is 52.2 Å². The zero-order chi connectivity index (χ0) is 17.9. The van der Waals surface area contributed by atoms with E-state index in [1.54, 1.807) is 6.33 Å². The lowest BCUT2D eigenvalue weighted by atomic mass is 9.89. The topological polar surface area (TPSA) is 41.1 Å². The van der Waals surface area contributed by atoms with Gasteiger partial charge in [-0.05, 0) is 68.0 Å². The average Bonchev–Trinajstić information content (AvgIpc) is 3.14. The molecule has 1 heterocycles. The van der Waals surface area contributed by atoms with Gasteiger partial charge in [0.1, 0.15) is 5.75 Å². The van der Waals surface area contributed by atoms with Crippen LogP contribution >= 0.6 is 0 Å². The predicted octanol–water partition coefficient (Wildman–Crippen LogP) is 4.12. The zero-order valence-electron chi connectivity index (χ0n) is 15.7. The van der Waals surface area contributed by atoms with Crippen molar-refractivity contribution in [1.82, 2.24) is 14.9 Å². The molecule has 0 fully saturated rings. The van der Waals surface area contributed by atoms with E-state index in [0.29, 0.717) is 0 Å². The number of aromatic nitrogens is 2. The highest BCUT2D eigenvalue weighted by Gasteiger charge is 2.17. The lowest BCUT2D eigenvalue weighted by Crippen LogP contribution is -2.21. The Morgan fingerprint density at radius 3 is 2.92 bits per heavy atom. The third-order valence-corrected chi connectivity index (χ3v) is 5.47. The van der Waals surface area contributed by atoms with Gasteiger partial charge >= 0.3 is 0 Å². The van der Waals surface area contributed by atoms with E-state index in [9.17, 15) is 0 Å². The summed E-state index contributed by atoms with van der Waals surface area (Å²) in [4.78, 5) is 9.85. The molecule has 0 atom stereocenters. The number of nitrogens with one attached hydrogen (secondary N) is 1. The predicted molar refractivity (Wildman–Crippen MR) is 106 cm³/mol. The second-order valence-electron chi connectivity index (χ2n) is 7.34. The maximum absolute atomic E-state index is 5.81. The number of hydrogen-bond donors (Lipinski definition) is 1. The first-order valence-corrected chi connectivity index (χ1v) is 9.53. The molecule has 0 spiro atoms. The van der Waals surface area contributed by atoms with Crippen LogP contribution in [0, 0.1) is 0 Å². The van der Waals surface area contributed by atoms with E-state index >= 15 is 0 Å². The van der Waals surface area contributed by atoms with Crippen LogP contribution in [0.15, 0.2) is 36.7 Å². The molecule has 0 aliphatic heterocycles. The number of rotatable bonds is 6. The molecule has 136 valence electrons. The lowest BCUT2D eigenvalue weighted by Gasteiger charge is -2.24. The fourth-order valence-electron chi connectivity index (χ4n) is 4.05. The van der Waals surface area contributed by atoms with Crippen LogP contribution in [0.3, 0.4) is 0 Å². The summed E-state index contributed by atoms with van der Waals surface area (Å²) in [5.41, 5.74) is 7.70. The van der Waals surface area contributed by atoms with Crippen molar-refractivity contribution in [3.05, 3.63) is 58.9 Å². The highest BCUT2D eigenvalue weighted by molar-refractivity contribution is 5.75. The third kappa shape index (κ3) is 3.47. The summed E-state index contributed by atoms with van der Waals surface area (Å²) in [5.74, 6) is 1.12. The number of fused-ring (bicyclic) bond motifs is 2. The number of ether oxygens (including phenoxy) is 1. The maximum Gasteiger partial charge on any atom is 0.126 e. The van der Waals surface area contributed by atoms with Gasteiger partial charge in [0.15, 0.2) is 0 Å². The third-order valence-electron chi connectivity index (χ3n) is 5.47. The molecule has 2 aromatic carbocycles. The number of likely N-dealkylation sites (N-methyl/N-ethyl adjacent to an activating group) is 1. The molecule has 3 aromatic rings. The minimum absolute atomic E-state index is 0.919. The first kappa shape index (κ1) is 17.1. The van der Waals surface area contributed by atoms with Crippen molar-refractivity contribution in [1.29, 1.82) is 0 Å². The number of imidazole rings is 1. The molecule has 0 saturated carbocycles. The first-order chi connectivity index (χ1) is 12.7. The molecule has 0 bridgehead atoms. The molecule has 26 heavy (non-hydrogen) atoms. The summed E-state index contributed by atoms with van der Waals surface area (Å²) in [7, 11) is 4.00. The van der Waals surface area contributed by atoms with E-state index in [1.165, 1.54) is 41.5 Å². The van der Waals surface area contributed by atoms with Crippen LogP contribution in [0.4, 0.5) is 0 Å². The normalized spacial score (nSPS) is 14.0. The first-order valence-electron chi connectivity index (χ1n) is 9.53. The van der Waals surface area contributed by atoms with Gasteiger partial charge in [-0.3, -0.25) is 0 Å². The van der Waals surface area contributed by atoms with Crippen LogP contribution in [0.2, 0.25) is 0 Å². The average molecular weight is 349 g/mol. The van der Waals surface area contributed by atoms with Crippen LogP contribution in [0.1, 0.15) is 35.1 Å². The Bertz CT molecular complexity index is 900. The second-order valence-corrected chi connectivity index (χ2v) is 7.34. The van der Waals surface area contributed by atoms with Crippen LogP contribution in [-0.4, -0.2) is 35.6 Å². The Labute approximate surface area is 155 Å². The van der Waals surface area contributed by atoms with Gasteiger partial charge in [-0.25, -0.2) is 4.98 Å². The van der Waals surface area contributed by atoms with Gasteiger partial charge < -0.3 is 14.6 Å². The summed E-state index contributed by atoms with van der Waals surface area (Å²) >= 11 is 0. The molecular weight excluding hydrogens is 322 g/mol. The zero-order valence-corrected chi connectivity index (χ0v) is 15.7. The SMILES string of the molecule is COc1c(CN(C)CCc2ccc3nc[nH]c3c2)ccc2c1CCCC2. The van der Waals surface area contributed by atoms with Gasteiger partial charge in [-0.1, -0.05) is 18.2 Å². The summed E-state index contributed by atoms with van der Waals surface area (Å²) in [6.45, 7) is 1.93. The van der Waals surface area contributed by atoms with Crippen molar-refractivity contribution in [2.75, 3.05) is 20.7 Å². The van der Waals surface area contributed by atoms with E-state index in [1.807, 2.05) is 7.11 Å². The van der Waals surface area contributed by atoms with Gasteiger partial charge in [0, 0.05) is 18.7 Å². The second kappa shape index (κ2) is 7.50. The molecule has 0 amide bonds. The van der Waals surface area contributed by atoms with E-state index in [4.69, 9.17) is 4.74 Å². The van der Waals surface area contributed by atoms with Crippen LogP contribution in [0.25, 0.3) is 11.0 Å². The number of aryl methyl sites for hydroxylation is 1. The summed E-state index contributed by atoms with van der Waals surface area (Å²) < 4.78 is 5.81. The smallest absolute Gasteiger partial charge is 0.126 e. The Morgan fingerprint density at radius 2 is 2.04 bits per heavy atom. The van der Waals surface area contributed by atoms with Gasteiger partial charge in [-0.2, -0.15) is 0 Å². The molecule has 4 heteroatoms. The van der Waals surface area contributed by atoms with Crippen molar-refractivity contribution in [2.45, 2.75) is 38.6 Å². The molecule has 0 saturated heterocycles. The van der Waals surface area contributed by atoms with Gasteiger partial charge in [-0.15, -0.1) is 0 Å². The maximum atomic E-state index is 5.81. The number of benzene rings is 2. The molecule has 4 rings (SSSR count). The summed E-state index contributed by atoms with van der Waals surface area (Å²) in [6.07, 6.45) is 7.70. The molecule has 1 aromatic heterocycles. The van der Waals surface area contributed by atoms with E-state index < -0.39 is 0 Å². The van der Waals surface area contributed by atoms with Gasteiger partial charge in [0.05, 0.1) is 24.5 Å².